The smallest absolute Gasteiger partial charge is 0.251 e. The van der Waals surface area contributed by atoms with Crippen LogP contribution in [-0.2, 0) is 10.0 Å². The van der Waals surface area contributed by atoms with Crippen LogP contribution in [0.3, 0.4) is 0 Å². The molecule has 0 aliphatic carbocycles. The quantitative estimate of drug-likeness (QED) is 0.648. The molecule has 0 heterocycles. The molecule has 0 fully saturated rings. The van der Waals surface area contributed by atoms with Gasteiger partial charge in [0.2, 0.25) is 10.0 Å². The molecular formula is C9H11F2N3O3S. The Labute approximate surface area is 102 Å². The van der Waals surface area contributed by atoms with Gasteiger partial charge in [-0.15, -0.1) is 0 Å². The van der Waals surface area contributed by atoms with E-state index in [1.54, 1.807) is 0 Å². The Morgan fingerprint density at radius 2 is 1.78 bits per heavy atom. The molecule has 1 amide bonds. The summed E-state index contributed by atoms with van der Waals surface area (Å²) in [7, 11) is -3.71. The maximum atomic E-state index is 13.1. The van der Waals surface area contributed by atoms with E-state index in [9.17, 15) is 22.0 Å². The number of nitrogens with one attached hydrogen (secondary N) is 1. The molecule has 1 aromatic rings. The monoisotopic (exact) mass is 279 g/mol. The van der Waals surface area contributed by atoms with Gasteiger partial charge in [0, 0.05) is 12.1 Å². The highest BCUT2D eigenvalue weighted by Gasteiger charge is 2.13. The van der Waals surface area contributed by atoms with Gasteiger partial charge >= 0.3 is 0 Å². The Bertz CT molecular complexity index is 551. The number of carbonyl (C=O) groups excluding carboxylic acids is 1. The first-order chi connectivity index (χ1) is 8.20. The number of sulfonamides is 1. The minimum absolute atomic E-state index is 0.259. The zero-order chi connectivity index (χ0) is 13.9. The first-order valence-corrected chi connectivity index (χ1v) is 6.45. The number of benzene rings is 1. The van der Waals surface area contributed by atoms with E-state index in [-0.39, 0.29) is 12.1 Å². The Morgan fingerprint density at radius 3 is 2.22 bits per heavy atom. The number of anilines is 1. The van der Waals surface area contributed by atoms with Crippen LogP contribution in [0.15, 0.2) is 12.1 Å². The summed E-state index contributed by atoms with van der Waals surface area (Å²) in [6.45, 7) is -0.259. The van der Waals surface area contributed by atoms with Gasteiger partial charge < -0.3 is 11.1 Å². The van der Waals surface area contributed by atoms with Gasteiger partial charge in [-0.25, -0.2) is 22.3 Å². The van der Waals surface area contributed by atoms with Gasteiger partial charge in [-0.2, -0.15) is 0 Å². The summed E-state index contributed by atoms with van der Waals surface area (Å²) in [5.41, 5.74) is 4.05. The summed E-state index contributed by atoms with van der Waals surface area (Å²) in [4.78, 5) is 11.4. The second-order valence-corrected chi connectivity index (χ2v) is 5.21. The van der Waals surface area contributed by atoms with Crippen LogP contribution in [0.1, 0.15) is 10.4 Å². The molecule has 0 atom stereocenters. The molecule has 18 heavy (non-hydrogen) atoms. The maximum absolute atomic E-state index is 13.1. The molecule has 0 aliphatic heterocycles. The SMILES string of the molecule is Nc1c(F)cc(C(=O)NCCS(N)(=O)=O)cc1F. The molecule has 5 N–H and O–H groups in total. The average molecular weight is 279 g/mol. The molecular weight excluding hydrogens is 268 g/mol. The van der Waals surface area contributed by atoms with Crippen molar-refractivity contribution in [1.82, 2.24) is 5.32 Å². The van der Waals surface area contributed by atoms with Gasteiger partial charge in [0.05, 0.1) is 5.75 Å². The van der Waals surface area contributed by atoms with Crippen molar-refractivity contribution in [3.05, 3.63) is 29.3 Å². The number of hydrogen-bond donors (Lipinski definition) is 3. The molecule has 0 bridgehead atoms. The minimum atomic E-state index is -3.71. The molecule has 1 aromatic carbocycles. The number of primary sulfonamides is 1. The van der Waals surface area contributed by atoms with Crippen LogP contribution in [0, 0.1) is 11.6 Å². The minimum Gasteiger partial charge on any atom is -0.394 e. The Balaban J connectivity index is 2.74. The van der Waals surface area contributed by atoms with Gasteiger partial charge in [0.25, 0.3) is 5.91 Å². The van der Waals surface area contributed by atoms with Crippen LogP contribution in [0.4, 0.5) is 14.5 Å². The highest BCUT2D eigenvalue weighted by molar-refractivity contribution is 7.89. The van der Waals surface area contributed by atoms with E-state index in [0.717, 1.165) is 12.1 Å². The predicted octanol–water partition coefficient (Wildman–Crippen LogP) is -0.435. The fraction of sp³-hybridized carbons (Fsp3) is 0.222. The van der Waals surface area contributed by atoms with Gasteiger partial charge in [0.15, 0.2) is 0 Å². The second kappa shape index (κ2) is 5.27. The standard InChI is InChI=1S/C9H11F2N3O3S/c10-6-3-5(4-7(11)8(6)12)9(15)14-1-2-18(13,16)17/h3-4H,1-2,12H2,(H,14,15)(H2,13,16,17). The van der Waals surface area contributed by atoms with Crippen LogP contribution < -0.4 is 16.2 Å². The van der Waals surface area contributed by atoms with Crippen LogP contribution in [0.25, 0.3) is 0 Å². The topological polar surface area (TPSA) is 115 Å². The molecule has 0 aromatic heterocycles. The van der Waals surface area contributed by atoms with Crippen LogP contribution in [-0.4, -0.2) is 26.6 Å². The van der Waals surface area contributed by atoms with Crippen molar-refractivity contribution in [3.8, 4) is 0 Å². The van der Waals surface area contributed by atoms with Gasteiger partial charge in [0.1, 0.15) is 17.3 Å². The lowest BCUT2D eigenvalue weighted by atomic mass is 10.2. The lowest BCUT2D eigenvalue weighted by Gasteiger charge is -2.06. The van der Waals surface area contributed by atoms with Gasteiger partial charge in [-0.3, -0.25) is 4.79 Å². The molecule has 0 radical (unpaired) electrons. The molecule has 9 heteroatoms. The van der Waals surface area contributed by atoms with Crippen LogP contribution in [0.2, 0.25) is 0 Å². The second-order valence-electron chi connectivity index (χ2n) is 3.48. The van der Waals surface area contributed by atoms with Crippen molar-refractivity contribution >= 4 is 21.6 Å². The molecule has 0 unspecified atom stereocenters. The van der Waals surface area contributed by atoms with E-state index in [0.29, 0.717) is 0 Å². The first-order valence-electron chi connectivity index (χ1n) is 4.74. The number of hydrogen-bond acceptors (Lipinski definition) is 4. The summed E-state index contributed by atoms with van der Waals surface area (Å²) in [5, 5.41) is 6.87. The third kappa shape index (κ3) is 3.93. The summed E-state index contributed by atoms with van der Waals surface area (Å²) >= 11 is 0. The van der Waals surface area contributed by atoms with Gasteiger partial charge in [-0.05, 0) is 12.1 Å². The molecule has 6 nitrogen and oxygen atoms in total. The number of amides is 1. The van der Waals surface area contributed by atoms with E-state index in [2.05, 4.69) is 5.32 Å². The van der Waals surface area contributed by atoms with Crippen LogP contribution in [0.5, 0.6) is 0 Å². The molecule has 100 valence electrons. The van der Waals surface area contributed by atoms with Crippen molar-refractivity contribution < 1.29 is 22.0 Å². The fourth-order valence-corrected chi connectivity index (χ4v) is 1.51. The zero-order valence-corrected chi connectivity index (χ0v) is 9.93. The van der Waals surface area contributed by atoms with Crippen LogP contribution >= 0.6 is 0 Å². The Kier molecular flexibility index (Phi) is 4.19. The number of halogens is 2. The summed E-state index contributed by atoms with van der Waals surface area (Å²) in [5.74, 6) is -3.42. The van der Waals surface area contributed by atoms with Crippen molar-refractivity contribution in [3.63, 3.8) is 0 Å². The third-order valence-corrected chi connectivity index (χ3v) is 2.79. The van der Waals surface area contributed by atoms with E-state index in [1.807, 2.05) is 0 Å². The van der Waals surface area contributed by atoms with E-state index < -0.39 is 39.0 Å². The molecule has 0 saturated heterocycles. The fourth-order valence-electron chi connectivity index (χ4n) is 1.12. The number of nitrogen functional groups attached to an aromatic ring is 1. The largest absolute Gasteiger partial charge is 0.394 e. The normalized spacial score (nSPS) is 11.3. The molecule has 0 aliphatic rings. The van der Waals surface area contributed by atoms with Crippen molar-refractivity contribution in [2.45, 2.75) is 0 Å². The van der Waals surface area contributed by atoms with E-state index >= 15 is 0 Å². The average Bonchev–Trinajstić information content (AvgIpc) is 2.23. The van der Waals surface area contributed by atoms with E-state index in [4.69, 9.17) is 10.9 Å². The number of carbonyl (C=O) groups is 1. The predicted molar refractivity (Wildman–Crippen MR) is 61.1 cm³/mol. The zero-order valence-electron chi connectivity index (χ0n) is 9.11. The number of nitrogens with two attached hydrogens (primary N) is 2. The molecule has 1 rings (SSSR count). The Morgan fingerprint density at radius 1 is 1.28 bits per heavy atom. The van der Waals surface area contributed by atoms with E-state index in [1.165, 1.54) is 0 Å². The van der Waals surface area contributed by atoms with Crippen molar-refractivity contribution in [2.24, 2.45) is 5.14 Å². The molecule has 0 spiro atoms. The van der Waals surface area contributed by atoms with Gasteiger partial charge in [-0.1, -0.05) is 0 Å². The Hall–Kier alpha value is -1.74. The summed E-state index contributed by atoms with van der Waals surface area (Å²) < 4.78 is 47.3. The van der Waals surface area contributed by atoms with Crippen molar-refractivity contribution in [2.75, 3.05) is 18.0 Å². The first kappa shape index (κ1) is 14.3. The maximum Gasteiger partial charge on any atom is 0.251 e. The lowest BCUT2D eigenvalue weighted by Crippen LogP contribution is -2.31. The third-order valence-electron chi connectivity index (χ3n) is 2.01. The highest BCUT2D eigenvalue weighted by Crippen LogP contribution is 2.16. The summed E-state index contributed by atoms with van der Waals surface area (Å²) in [6, 6.07) is 1.51. The van der Waals surface area contributed by atoms with Crippen molar-refractivity contribution in [1.29, 1.82) is 0 Å². The lowest BCUT2D eigenvalue weighted by molar-refractivity contribution is 0.0955. The summed E-state index contributed by atoms with van der Waals surface area (Å²) in [6.07, 6.45) is 0. The number of rotatable bonds is 4. The highest BCUT2D eigenvalue weighted by atomic mass is 32.2. The molecule has 0 saturated carbocycles.